The molecule has 3 aromatic carbocycles. The van der Waals surface area contributed by atoms with Gasteiger partial charge in [-0.15, -0.1) is 0 Å². The number of hydrogen-bond donors (Lipinski definition) is 0. The second-order valence-corrected chi connectivity index (χ2v) is 8.50. The van der Waals surface area contributed by atoms with Crippen LogP contribution in [0.4, 0.5) is 0 Å². The fraction of sp³-hybridized carbons (Fsp3) is 0.231. The molecule has 3 heteroatoms. The first-order chi connectivity index (χ1) is 14.1. The summed E-state index contributed by atoms with van der Waals surface area (Å²) in [6.07, 6.45) is 0.965. The molecular formula is C26H28INO. The van der Waals surface area contributed by atoms with Gasteiger partial charge in [-0.3, -0.25) is 0 Å². The van der Waals surface area contributed by atoms with Crippen molar-refractivity contribution in [2.45, 2.75) is 13.3 Å². The van der Waals surface area contributed by atoms with Gasteiger partial charge in [0.1, 0.15) is 12.4 Å². The van der Waals surface area contributed by atoms with Crippen LogP contribution < -0.4 is 4.74 Å². The predicted octanol–water partition coefficient (Wildman–Crippen LogP) is 6.60. The number of likely N-dealkylation sites (N-methyl/N-ethyl adjacent to an activating group) is 1. The average Bonchev–Trinajstić information content (AvgIpc) is 2.74. The number of allylic oxidation sites excluding steroid dienone is 1. The van der Waals surface area contributed by atoms with E-state index in [-0.39, 0.29) is 0 Å². The lowest BCUT2D eigenvalue weighted by Gasteiger charge is -2.17. The van der Waals surface area contributed by atoms with Crippen LogP contribution in [0, 0.1) is 3.57 Å². The van der Waals surface area contributed by atoms with E-state index in [1.165, 1.54) is 31.4 Å². The molecule has 0 aromatic heterocycles. The standard InChI is InChI=1S/C26H28INO/c1-4-25(20-8-6-5-7-9-20)26(21-10-14-23(27)15-11-21)22-12-16-24(17-13-22)29-19-18-28(2)3/h5-17H,4,18-19H2,1-3H3/b26-25+. The van der Waals surface area contributed by atoms with Gasteiger partial charge in [0, 0.05) is 10.1 Å². The third kappa shape index (κ3) is 5.94. The van der Waals surface area contributed by atoms with Crippen LogP contribution in [-0.4, -0.2) is 32.1 Å². The van der Waals surface area contributed by atoms with E-state index in [1.54, 1.807) is 0 Å². The number of ether oxygens (including phenoxy) is 1. The summed E-state index contributed by atoms with van der Waals surface area (Å²) in [7, 11) is 4.11. The largest absolute Gasteiger partial charge is 0.492 e. The van der Waals surface area contributed by atoms with Gasteiger partial charge in [-0.1, -0.05) is 61.5 Å². The Morgan fingerprint density at radius 2 is 1.38 bits per heavy atom. The summed E-state index contributed by atoms with van der Waals surface area (Å²) < 4.78 is 7.13. The topological polar surface area (TPSA) is 12.5 Å². The van der Waals surface area contributed by atoms with Crippen molar-refractivity contribution in [3.05, 3.63) is 99.1 Å². The number of benzene rings is 3. The molecule has 3 rings (SSSR count). The third-order valence-corrected chi connectivity index (χ3v) is 5.58. The monoisotopic (exact) mass is 497 g/mol. The number of nitrogens with zero attached hydrogens (tertiary/aromatic N) is 1. The van der Waals surface area contributed by atoms with Crippen molar-refractivity contribution in [1.82, 2.24) is 4.90 Å². The molecule has 0 N–H and O–H groups in total. The third-order valence-electron chi connectivity index (χ3n) is 4.86. The Hall–Kier alpha value is -2.11. The lowest BCUT2D eigenvalue weighted by molar-refractivity contribution is 0.261. The van der Waals surface area contributed by atoms with Gasteiger partial charge in [0.25, 0.3) is 0 Å². The fourth-order valence-electron chi connectivity index (χ4n) is 3.36. The maximum absolute atomic E-state index is 5.89. The molecule has 0 aliphatic rings. The molecule has 29 heavy (non-hydrogen) atoms. The predicted molar refractivity (Wildman–Crippen MR) is 132 cm³/mol. The van der Waals surface area contributed by atoms with Gasteiger partial charge >= 0.3 is 0 Å². The van der Waals surface area contributed by atoms with Crippen molar-refractivity contribution in [3.8, 4) is 5.75 Å². The lowest BCUT2D eigenvalue weighted by Crippen LogP contribution is -2.19. The molecule has 150 valence electrons. The fourth-order valence-corrected chi connectivity index (χ4v) is 3.72. The molecule has 0 radical (unpaired) electrons. The second-order valence-electron chi connectivity index (χ2n) is 7.26. The highest BCUT2D eigenvalue weighted by Gasteiger charge is 2.13. The highest BCUT2D eigenvalue weighted by atomic mass is 127. The summed E-state index contributed by atoms with van der Waals surface area (Å²) in [5, 5.41) is 0. The highest BCUT2D eigenvalue weighted by Crippen LogP contribution is 2.35. The summed E-state index contributed by atoms with van der Waals surface area (Å²) in [5.74, 6) is 0.912. The Kier molecular flexibility index (Phi) is 7.90. The summed E-state index contributed by atoms with van der Waals surface area (Å²) in [4.78, 5) is 2.12. The van der Waals surface area contributed by atoms with Crippen LogP contribution in [0.2, 0.25) is 0 Å². The van der Waals surface area contributed by atoms with E-state index >= 15 is 0 Å². The van der Waals surface area contributed by atoms with Crippen molar-refractivity contribution >= 4 is 33.7 Å². The Labute approximate surface area is 188 Å². The van der Waals surface area contributed by atoms with Gasteiger partial charge < -0.3 is 9.64 Å². The lowest BCUT2D eigenvalue weighted by atomic mass is 9.88. The number of halogens is 1. The molecule has 3 aromatic rings. The van der Waals surface area contributed by atoms with Crippen LogP contribution in [0.5, 0.6) is 5.75 Å². The van der Waals surface area contributed by atoms with E-state index in [0.717, 1.165) is 18.7 Å². The summed E-state index contributed by atoms with van der Waals surface area (Å²) in [5.41, 5.74) is 6.37. The highest BCUT2D eigenvalue weighted by molar-refractivity contribution is 14.1. The summed E-state index contributed by atoms with van der Waals surface area (Å²) >= 11 is 2.36. The van der Waals surface area contributed by atoms with E-state index in [1.807, 2.05) is 0 Å². The Balaban J connectivity index is 2.02. The molecule has 0 aliphatic carbocycles. The summed E-state index contributed by atoms with van der Waals surface area (Å²) in [6.45, 7) is 3.83. The van der Waals surface area contributed by atoms with E-state index in [0.29, 0.717) is 6.61 Å². The van der Waals surface area contributed by atoms with Gasteiger partial charge in [-0.05, 0) is 95.2 Å². The minimum Gasteiger partial charge on any atom is -0.492 e. The van der Waals surface area contributed by atoms with E-state index in [4.69, 9.17) is 4.74 Å². The molecule has 0 saturated heterocycles. The van der Waals surface area contributed by atoms with Crippen LogP contribution in [0.1, 0.15) is 30.0 Å². The van der Waals surface area contributed by atoms with Crippen molar-refractivity contribution in [3.63, 3.8) is 0 Å². The Morgan fingerprint density at radius 3 is 1.93 bits per heavy atom. The zero-order valence-electron chi connectivity index (χ0n) is 17.4. The second kappa shape index (κ2) is 10.6. The SMILES string of the molecule is CC/C(=C(/c1ccc(I)cc1)c1ccc(OCCN(C)C)cc1)c1ccccc1. The number of rotatable bonds is 8. The van der Waals surface area contributed by atoms with Crippen LogP contribution in [0.3, 0.4) is 0 Å². The molecular weight excluding hydrogens is 469 g/mol. The molecule has 0 fully saturated rings. The van der Waals surface area contributed by atoms with Gasteiger partial charge in [0.05, 0.1) is 0 Å². The molecule has 0 aliphatic heterocycles. The minimum absolute atomic E-state index is 0.691. The summed E-state index contributed by atoms with van der Waals surface area (Å²) in [6, 6.07) is 28.0. The maximum Gasteiger partial charge on any atom is 0.119 e. The zero-order chi connectivity index (χ0) is 20.6. The molecule has 0 heterocycles. The first-order valence-corrected chi connectivity index (χ1v) is 11.1. The minimum atomic E-state index is 0.691. The first-order valence-electron chi connectivity index (χ1n) is 10.0. The zero-order valence-corrected chi connectivity index (χ0v) is 19.5. The molecule has 2 nitrogen and oxygen atoms in total. The normalized spacial score (nSPS) is 12.0. The van der Waals surface area contributed by atoms with Gasteiger partial charge in [0.15, 0.2) is 0 Å². The molecule has 0 spiro atoms. The molecule has 0 atom stereocenters. The average molecular weight is 497 g/mol. The Morgan fingerprint density at radius 1 is 0.793 bits per heavy atom. The van der Waals surface area contributed by atoms with Gasteiger partial charge in [-0.25, -0.2) is 0 Å². The van der Waals surface area contributed by atoms with Crippen molar-refractivity contribution in [2.24, 2.45) is 0 Å². The molecule has 0 unspecified atom stereocenters. The Bertz CT molecular complexity index is 929. The van der Waals surface area contributed by atoms with E-state index in [9.17, 15) is 0 Å². The van der Waals surface area contributed by atoms with Crippen LogP contribution in [0.15, 0.2) is 78.9 Å². The van der Waals surface area contributed by atoms with Crippen molar-refractivity contribution < 1.29 is 4.74 Å². The van der Waals surface area contributed by atoms with Crippen LogP contribution in [-0.2, 0) is 0 Å². The van der Waals surface area contributed by atoms with Gasteiger partial charge in [0.2, 0.25) is 0 Å². The van der Waals surface area contributed by atoms with E-state index < -0.39 is 0 Å². The smallest absolute Gasteiger partial charge is 0.119 e. The quantitative estimate of drug-likeness (QED) is 0.257. The van der Waals surface area contributed by atoms with Gasteiger partial charge in [-0.2, -0.15) is 0 Å². The van der Waals surface area contributed by atoms with Crippen LogP contribution in [0.25, 0.3) is 11.1 Å². The first kappa shape index (κ1) is 21.6. The van der Waals surface area contributed by atoms with Crippen molar-refractivity contribution in [2.75, 3.05) is 27.2 Å². The van der Waals surface area contributed by atoms with Crippen LogP contribution >= 0.6 is 22.6 Å². The maximum atomic E-state index is 5.89. The van der Waals surface area contributed by atoms with E-state index in [2.05, 4.69) is 127 Å². The number of hydrogen-bond acceptors (Lipinski definition) is 2. The van der Waals surface area contributed by atoms with Crippen molar-refractivity contribution in [1.29, 1.82) is 0 Å². The molecule has 0 saturated carbocycles. The molecule has 0 amide bonds. The molecule has 0 bridgehead atoms.